The van der Waals surface area contributed by atoms with E-state index >= 15 is 0 Å². The smallest absolute Gasteiger partial charge is 0.276 e. The third-order valence-electron chi connectivity index (χ3n) is 3.80. The second kappa shape index (κ2) is 6.58. The minimum atomic E-state index is -0.261. The van der Waals surface area contributed by atoms with Crippen molar-refractivity contribution in [3.05, 3.63) is 53.9 Å². The fourth-order valence-corrected chi connectivity index (χ4v) is 2.70. The van der Waals surface area contributed by atoms with Crippen LogP contribution in [0.5, 0.6) is 0 Å². The Hall–Kier alpha value is -2.73. The number of pyridine rings is 1. The van der Waals surface area contributed by atoms with Crippen molar-refractivity contribution in [3.8, 4) is 0 Å². The normalized spacial score (nSPS) is 13.3. The zero-order chi connectivity index (χ0) is 16.2. The minimum absolute atomic E-state index is 0.0757. The highest BCUT2D eigenvalue weighted by atomic mass is 16.2. The van der Waals surface area contributed by atoms with Gasteiger partial charge in [0, 0.05) is 24.1 Å². The number of anilines is 2. The molecule has 2 heterocycles. The molecule has 23 heavy (non-hydrogen) atoms. The van der Waals surface area contributed by atoms with Gasteiger partial charge in [-0.15, -0.1) is 0 Å². The van der Waals surface area contributed by atoms with Gasteiger partial charge in [-0.05, 0) is 42.7 Å². The Balaban J connectivity index is 1.92. The van der Waals surface area contributed by atoms with Crippen LogP contribution < -0.4 is 16.0 Å². The van der Waals surface area contributed by atoms with E-state index in [-0.39, 0.29) is 18.4 Å². The van der Waals surface area contributed by atoms with E-state index < -0.39 is 0 Å². The largest absolute Gasteiger partial charge is 0.325 e. The van der Waals surface area contributed by atoms with Crippen molar-refractivity contribution in [3.63, 3.8) is 0 Å². The SMILES string of the molecule is NCC(=O)Nc1ccc2c(c1)N(C(=O)c1ccccn1)CCC2. The van der Waals surface area contributed by atoms with Gasteiger partial charge in [0.1, 0.15) is 5.69 Å². The molecule has 0 spiro atoms. The van der Waals surface area contributed by atoms with Crippen LogP contribution in [0.1, 0.15) is 22.5 Å². The number of nitrogens with zero attached hydrogens (tertiary/aromatic N) is 2. The summed E-state index contributed by atoms with van der Waals surface area (Å²) in [5.74, 6) is -0.391. The lowest BCUT2D eigenvalue weighted by atomic mass is 10.0. The molecule has 0 unspecified atom stereocenters. The average molecular weight is 310 g/mol. The molecule has 118 valence electrons. The number of hydrogen-bond acceptors (Lipinski definition) is 4. The number of aryl methyl sites for hydroxylation is 1. The Morgan fingerprint density at radius 3 is 2.87 bits per heavy atom. The van der Waals surface area contributed by atoms with Crippen LogP contribution in [0.2, 0.25) is 0 Å². The van der Waals surface area contributed by atoms with Crippen LogP contribution in [0, 0.1) is 0 Å². The summed E-state index contributed by atoms with van der Waals surface area (Å²) in [6, 6.07) is 10.9. The molecular weight excluding hydrogens is 292 g/mol. The fourth-order valence-electron chi connectivity index (χ4n) is 2.70. The number of rotatable bonds is 3. The number of hydrogen-bond donors (Lipinski definition) is 2. The van der Waals surface area contributed by atoms with Gasteiger partial charge in [-0.25, -0.2) is 0 Å². The lowest BCUT2D eigenvalue weighted by Gasteiger charge is -2.29. The van der Waals surface area contributed by atoms with Crippen molar-refractivity contribution in [2.75, 3.05) is 23.3 Å². The first-order chi connectivity index (χ1) is 11.2. The van der Waals surface area contributed by atoms with Crippen molar-refractivity contribution in [1.29, 1.82) is 0 Å². The number of nitrogens with one attached hydrogen (secondary N) is 1. The fraction of sp³-hybridized carbons (Fsp3) is 0.235. The van der Waals surface area contributed by atoms with Crippen LogP contribution in [0.25, 0.3) is 0 Å². The van der Waals surface area contributed by atoms with Gasteiger partial charge in [0.2, 0.25) is 5.91 Å². The Labute approximate surface area is 134 Å². The van der Waals surface area contributed by atoms with Crippen LogP contribution in [0.15, 0.2) is 42.6 Å². The monoisotopic (exact) mass is 310 g/mol. The topological polar surface area (TPSA) is 88.3 Å². The van der Waals surface area contributed by atoms with Gasteiger partial charge in [-0.2, -0.15) is 0 Å². The van der Waals surface area contributed by atoms with Crippen LogP contribution in [-0.2, 0) is 11.2 Å². The highest BCUT2D eigenvalue weighted by Crippen LogP contribution is 2.31. The molecule has 6 nitrogen and oxygen atoms in total. The molecule has 1 aliphatic rings. The highest BCUT2D eigenvalue weighted by molar-refractivity contribution is 6.06. The maximum atomic E-state index is 12.7. The van der Waals surface area contributed by atoms with E-state index in [1.54, 1.807) is 29.3 Å². The van der Waals surface area contributed by atoms with Gasteiger partial charge in [0.25, 0.3) is 5.91 Å². The molecule has 0 aliphatic carbocycles. The second-order valence-corrected chi connectivity index (χ2v) is 5.37. The number of aromatic nitrogens is 1. The molecule has 2 aromatic rings. The molecule has 3 rings (SSSR count). The van der Waals surface area contributed by atoms with Gasteiger partial charge >= 0.3 is 0 Å². The Morgan fingerprint density at radius 1 is 1.26 bits per heavy atom. The molecular formula is C17H18N4O2. The van der Waals surface area contributed by atoms with E-state index in [1.165, 1.54) is 0 Å². The number of carbonyl (C=O) groups excluding carboxylic acids is 2. The molecule has 0 atom stereocenters. The average Bonchev–Trinajstić information content (AvgIpc) is 2.61. The Bertz CT molecular complexity index is 731. The number of amides is 2. The summed E-state index contributed by atoms with van der Waals surface area (Å²) >= 11 is 0. The predicted octanol–water partition coefficient (Wildman–Crippen LogP) is 1.57. The van der Waals surface area contributed by atoms with Crippen molar-refractivity contribution >= 4 is 23.2 Å². The third-order valence-corrected chi connectivity index (χ3v) is 3.80. The summed E-state index contributed by atoms with van der Waals surface area (Å²) in [6.45, 7) is 0.560. The third kappa shape index (κ3) is 3.22. The first-order valence-corrected chi connectivity index (χ1v) is 7.55. The van der Waals surface area contributed by atoms with Gasteiger partial charge in [-0.3, -0.25) is 14.6 Å². The molecule has 1 aromatic heterocycles. The standard InChI is InChI=1S/C17H18N4O2/c18-11-16(22)20-13-7-6-12-4-3-9-21(15(12)10-13)17(23)14-5-1-2-8-19-14/h1-2,5-8,10H,3-4,9,11,18H2,(H,20,22). The molecule has 0 bridgehead atoms. The molecule has 0 radical (unpaired) electrons. The highest BCUT2D eigenvalue weighted by Gasteiger charge is 2.24. The Kier molecular flexibility index (Phi) is 4.34. The quantitative estimate of drug-likeness (QED) is 0.900. The van der Waals surface area contributed by atoms with Crippen LogP contribution >= 0.6 is 0 Å². The second-order valence-electron chi connectivity index (χ2n) is 5.37. The van der Waals surface area contributed by atoms with Crippen molar-refractivity contribution in [1.82, 2.24) is 4.98 Å². The molecule has 0 saturated carbocycles. The van der Waals surface area contributed by atoms with Crippen molar-refractivity contribution in [2.45, 2.75) is 12.8 Å². The summed E-state index contributed by atoms with van der Waals surface area (Å²) in [5, 5.41) is 2.72. The first-order valence-electron chi connectivity index (χ1n) is 7.55. The van der Waals surface area contributed by atoms with Crippen LogP contribution in [0.3, 0.4) is 0 Å². The summed E-state index contributed by atoms with van der Waals surface area (Å²) in [5.41, 5.74) is 8.29. The van der Waals surface area contributed by atoms with Crippen LogP contribution in [-0.4, -0.2) is 29.9 Å². The zero-order valence-corrected chi connectivity index (χ0v) is 12.7. The van der Waals surface area contributed by atoms with Gasteiger partial charge in [-0.1, -0.05) is 12.1 Å². The Morgan fingerprint density at radius 2 is 2.13 bits per heavy atom. The van der Waals surface area contributed by atoms with Gasteiger partial charge in [0.15, 0.2) is 0 Å². The summed E-state index contributed by atoms with van der Waals surface area (Å²) in [6.07, 6.45) is 3.42. The zero-order valence-electron chi connectivity index (χ0n) is 12.7. The molecule has 3 N–H and O–H groups in total. The summed E-state index contributed by atoms with van der Waals surface area (Å²) in [4.78, 5) is 30.0. The molecule has 0 saturated heterocycles. The lowest BCUT2D eigenvalue weighted by molar-refractivity contribution is -0.114. The van der Waals surface area contributed by atoms with Crippen LogP contribution in [0.4, 0.5) is 11.4 Å². The summed E-state index contributed by atoms with van der Waals surface area (Å²) < 4.78 is 0. The molecule has 0 fully saturated rings. The number of fused-ring (bicyclic) bond motifs is 1. The predicted molar refractivity (Wildman–Crippen MR) is 88.4 cm³/mol. The molecule has 6 heteroatoms. The maximum Gasteiger partial charge on any atom is 0.276 e. The van der Waals surface area contributed by atoms with E-state index in [9.17, 15) is 9.59 Å². The van der Waals surface area contributed by atoms with Gasteiger partial charge in [0.05, 0.1) is 6.54 Å². The van der Waals surface area contributed by atoms with Gasteiger partial charge < -0.3 is 16.0 Å². The molecule has 1 aliphatic heterocycles. The number of benzene rings is 1. The van der Waals surface area contributed by atoms with E-state index in [0.29, 0.717) is 17.9 Å². The minimum Gasteiger partial charge on any atom is -0.325 e. The van der Waals surface area contributed by atoms with E-state index in [2.05, 4.69) is 10.3 Å². The van der Waals surface area contributed by atoms with Crippen molar-refractivity contribution in [2.24, 2.45) is 5.73 Å². The molecule has 2 amide bonds. The van der Waals surface area contributed by atoms with E-state index in [0.717, 1.165) is 24.1 Å². The van der Waals surface area contributed by atoms with E-state index in [4.69, 9.17) is 5.73 Å². The first kappa shape index (κ1) is 15.2. The van der Waals surface area contributed by atoms with E-state index in [1.807, 2.05) is 18.2 Å². The van der Waals surface area contributed by atoms with Crippen molar-refractivity contribution < 1.29 is 9.59 Å². The number of nitrogens with two attached hydrogens (primary N) is 1. The summed E-state index contributed by atoms with van der Waals surface area (Å²) in [7, 11) is 0. The lowest BCUT2D eigenvalue weighted by Crippen LogP contribution is -2.36. The number of carbonyl (C=O) groups is 2. The molecule has 1 aromatic carbocycles. The maximum absolute atomic E-state index is 12.7.